The third kappa shape index (κ3) is 4.65. The molecule has 1 amide bonds. The molecule has 0 spiro atoms. The Morgan fingerprint density at radius 1 is 1.06 bits per heavy atom. The van der Waals surface area contributed by atoms with Crippen molar-refractivity contribution >= 4 is 75.2 Å². The summed E-state index contributed by atoms with van der Waals surface area (Å²) < 4.78 is 9.94. The van der Waals surface area contributed by atoms with Gasteiger partial charge in [-0.2, -0.15) is 4.37 Å². The van der Waals surface area contributed by atoms with E-state index in [1.165, 1.54) is 0 Å². The van der Waals surface area contributed by atoms with Crippen LogP contribution in [-0.4, -0.2) is 38.4 Å². The van der Waals surface area contributed by atoms with Gasteiger partial charge in [-0.05, 0) is 36.5 Å². The number of benzene rings is 1. The number of halogens is 4. The van der Waals surface area contributed by atoms with E-state index in [0.717, 1.165) is 40.6 Å². The molecule has 0 N–H and O–H groups in total. The molecule has 0 saturated carbocycles. The summed E-state index contributed by atoms with van der Waals surface area (Å²) in [6.45, 7) is 1.21. The van der Waals surface area contributed by atoms with Gasteiger partial charge in [-0.1, -0.05) is 57.6 Å². The molecular formula is C21H14Cl4N4O2S2. The molecule has 4 heterocycles. The number of likely N-dealkylation sites (tertiary alicyclic amines) is 1. The number of amides is 1. The summed E-state index contributed by atoms with van der Waals surface area (Å²) in [5.74, 6) is 0.666. The maximum atomic E-state index is 12.7. The summed E-state index contributed by atoms with van der Waals surface area (Å²) in [7, 11) is 0. The van der Waals surface area contributed by atoms with Gasteiger partial charge in [-0.15, -0.1) is 11.3 Å². The van der Waals surface area contributed by atoms with Gasteiger partial charge in [0, 0.05) is 36.0 Å². The van der Waals surface area contributed by atoms with Crippen LogP contribution in [0.3, 0.4) is 0 Å². The van der Waals surface area contributed by atoms with Gasteiger partial charge < -0.3 is 9.42 Å². The number of hydrogen-bond acceptors (Lipinski definition) is 7. The van der Waals surface area contributed by atoms with E-state index in [1.54, 1.807) is 28.4 Å². The molecule has 0 radical (unpaired) electrons. The average molecular weight is 560 g/mol. The Morgan fingerprint density at radius 3 is 2.55 bits per heavy atom. The van der Waals surface area contributed by atoms with Crippen LogP contribution in [0, 0.1) is 0 Å². The van der Waals surface area contributed by atoms with Crippen molar-refractivity contribution < 1.29 is 9.32 Å². The number of aromatic nitrogens is 3. The van der Waals surface area contributed by atoms with Crippen molar-refractivity contribution in [3.05, 3.63) is 59.8 Å². The molecule has 0 unspecified atom stereocenters. The third-order valence-corrected chi connectivity index (χ3v) is 8.79. The third-order valence-electron chi connectivity index (χ3n) is 5.43. The number of hydrogen-bond donors (Lipinski definition) is 0. The minimum atomic E-state index is -0.182. The van der Waals surface area contributed by atoms with Gasteiger partial charge in [0.25, 0.3) is 5.91 Å². The van der Waals surface area contributed by atoms with Gasteiger partial charge in [0.2, 0.25) is 0 Å². The normalized spacial score (nSPS) is 14.7. The number of nitrogens with zero attached hydrogens (tertiary/aromatic N) is 4. The van der Waals surface area contributed by atoms with Gasteiger partial charge in [0.1, 0.15) is 20.7 Å². The van der Waals surface area contributed by atoms with Gasteiger partial charge in [-0.3, -0.25) is 4.79 Å². The van der Waals surface area contributed by atoms with Crippen LogP contribution < -0.4 is 0 Å². The smallest absolute Gasteiger partial charge is 0.275 e. The fourth-order valence-electron chi connectivity index (χ4n) is 3.65. The Balaban J connectivity index is 1.25. The van der Waals surface area contributed by atoms with Gasteiger partial charge in [0.05, 0.1) is 15.1 Å². The summed E-state index contributed by atoms with van der Waals surface area (Å²) in [6, 6.07) is 7.15. The van der Waals surface area contributed by atoms with Crippen LogP contribution in [0.2, 0.25) is 19.4 Å². The lowest BCUT2D eigenvalue weighted by Gasteiger charge is -2.30. The van der Waals surface area contributed by atoms with Crippen molar-refractivity contribution in [3.63, 3.8) is 0 Å². The van der Waals surface area contributed by atoms with Crippen molar-refractivity contribution in [2.45, 2.75) is 18.8 Å². The van der Waals surface area contributed by atoms with Crippen molar-refractivity contribution in [2.75, 3.05) is 13.1 Å². The van der Waals surface area contributed by atoms with E-state index in [0.29, 0.717) is 38.9 Å². The molecule has 1 saturated heterocycles. The summed E-state index contributed by atoms with van der Waals surface area (Å²) in [5, 5.41) is 8.29. The number of thiazole rings is 1. The Hall–Kier alpha value is -1.68. The predicted octanol–water partition coefficient (Wildman–Crippen LogP) is 7.56. The number of piperidine rings is 1. The Morgan fingerprint density at radius 2 is 1.85 bits per heavy atom. The van der Waals surface area contributed by atoms with E-state index in [9.17, 15) is 4.79 Å². The fourth-order valence-corrected chi connectivity index (χ4v) is 5.91. The Bertz CT molecular complexity index is 1330. The van der Waals surface area contributed by atoms with Crippen LogP contribution in [0.1, 0.15) is 34.3 Å². The van der Waals surface area contributed by atoms with E-state index in [-0.39, 0.29) is 22.5 Å². The van der Waals surface area contributed by atoms with E-state index < -0.39 is 0 Å². The molecule has 1 fully saturated rings. The summed E-state index contributed by atoms with van der Waals surface area (Å²) in [6.07, 6.45) is 1.61. The molecule has 4 aromatic rings. The van der Waals surface area contributed by atoms with Crippen LogP contribution in [0.4, 0.5) is 0 Å². The molecule has 0 bridgehead atoms. The molecule has 3 aromatic heterocycles. The zero-order valence-electron chi connectivity index (χ0n) is 16.7. The second kappa shape index (κ2) is 9.52. The van der Waals surface area contributed by atoms with Crippen LogP contribution in [0.15, 0.2) is 34.2 Å². The second-order valence-electron chi connectivity index (χ2n) is 7.46. The van der Waals surface area contributed by atoms with E-state index in [2.05, 4.69) is 9.53 Å². The lowest BCUT2D eigenvalue weighted by Crippen LogP contribution is -2.38. The molecule has 0 aliphatic carbocycles. The maximum Gasteiger partial charge on any atom is 0.275 e. The van der Waals surface area contributed by atoms with Crippen molar-refractivity contribution in [1.82, 2.24) is 19.4 Å². The van der Waals surface area contributed by atoms with Crippen molar-refractivity contribution in [1.29, 1.82) is 0 Å². The fraction of sp³-hybridized carbons (Fsp3) is 0.238. The highest BCUT2D eigenvalue weighted by Gasteiger charge is 2.29. The predicted molar refractivity (Wildman–Crippen MR) is 133 cm³/mol. The first kappa shape index (κ1) is 23.1. The standard InChI is InChI=1S/C21H14Cl4N4O2S2/c22-12-2-1-11(7-13(12)23)14-8-16(31-27-14)15-9-32-20(26-15)10-3-5-29(6-4-10)21(30)18-17(24)19(25)33-28-18/h1-2,7-10H,3-6H2. The highest BCUT2D eigenvalue weighted by molar-refractivity contribution is 7.11. The molecule has 1 aromatic carbocycles. The molecule has 12 heteroatoms. The van der Waals surface area contributed by atoms with Gasteiger partial charge >= 0.3 is 0 Å². The zero-order valence-corrected chi connectivity index (χ0v) is 21.4. The molecular weight excluding hydrogens is 546 g/mol. The van der Waals surface area contributed by atoms with Crippen molar-refractivity contribution in [3.8, 4) is 22.7 Å². The van der Waals surface area contributed by atoms with Gasteiger partial charge in [0.15, 0.2) is 11.5 Å². The summed E-state index contributed by atoms with van der Waals surface area (Å²) in [5.41, 5.74) is 2.43. The first-order chi connectivity index (χ1) is 15.9. The van der Waals surface area contributed by atoms with Crippen molar-refractivity contribution in [2.24, 2.45) is 0 Å². The minimum absolute atomic E-state index is 0.182. The minimum Gasteiger partial charge on any atom is -0.354 e. The number of rotatable bonds is 4. The highest BCUT2D eigenvalue weighted by atomic mass is 35.5. The first-order valence-corrected chi connectivity index (χ1v) is 13.0. The maximum absolute atomic E-state index is 12.7. The molecule has 1 aliphatic rings. The lowest BCUT2D eigenvalue weighted by atomic mass is 9.97. The molecule has 0 atom stereocenters. The van der Waals surface area contributed by atoms with E-state index in [4.69, 9.17) is 55.9 Å². The summed E-state index contributed by atoms with van der Waals surface area (Å²) in [4.78, 5) is 19.2. The van der Waals surface area contributed by atoms with E-state index in [1.807, 2.05) is 17.5 Å². The molecule has 33 heavy (non-hydrogen) atoms. The summed E-state index contributed by atoms with van der Waals surface area (Å²) >= 11 is 26.7. The monoisotopic (exact) mass is 558 g/mol. The molecule has 6 nitrogen and oxygen atoms in total. The van der Waals surface area contributed by atoms with Crippen LogP contribution in [0.5, 0.6) is 0 Å². The average Bonchev–Trinajstić information content (AvgIpc) is 3.56. The second-order valence-corrected chi connectivity index (χ2v) is 10.9. The largest absolute Gasteiger partial charge is 0.354 e. The molecule has 5 rings (SSSR count). The molecule has 170 valence electrons. The number of carbonyl (C=O) groups excluding carboxylic acids is 1. The number of carbonyl (C=O) groups is 1. The van der Waals surface area contributed by atoms with Crippen LogP contribution in [0.25, 0.3) is 22.7 Å². The topological polar surface area (TPSA) is 72.1 Å². The van der Waals surface area contributed by atoms with E-state index >= 15 is 0 Å². The zero-order chi connectivity index (χ0) is 23.1. The lowest BCUT2D eigenvalue weighted by molar-refractivity contribution is 0.0708. The quantitative estimate of drug-likeness (QED) is 0.258. The van der Waals surface area contributed by atoms with Gasteiger partial charge in [-0.25, -0.2) is 4.98 Å². The first-order valence-electron chi connectivity index (χ1n) is 9.88. The highest BCUT2D eigenvalue weighted by Crippen LogP contribution is 2.36. The SMILES string of the molecule is O=C(c1nsc(Cl)c1Cl)N1CCC(c2nc(-c3cc(-c4ccc(Cl)c(Cl)c4)no3)cs2)CC1. The van der Waals surface area contributed by atoms with Crippen LogP contribution >= 0.6 is 69.3 Å². The Kier molecular flexibility index (Phi) is 6.66. The van der Waals surface area contributed by atoms with Crippen LogP contribution in [-0.2, 0) is 0 Å². The Labute approximate surface area is 217 Å². The molecule has 1 aliphatic heterocycles.